The van der Waals surface area contributed by atoms with E-state index in [2.05, 4.69) is 10.6 Å². The highest BCUT2D eigenvalue weighted by Gasteiger charge is 2.30. The first-order chi connectivity index (χ1) is 9.78. The van der Waals surface area contributed by atoms with Crippen molar-refractivity contribution in [3.8, 4) is 0 Å². The number of aliphatic hydroxyl groups is 1. The minimum Gasteiger partial charge on any atom is -0.396 e. The summed E-state index contributed by atoms with van der Waals surface area (Å²) in [7, 11) is 0. The van der Waals surface area contributed by atoms with E-state index in [0.717, 1.165) is 30.8 Å². The largest absolute Gasteiger partial charge is 0.396 e. The quantitative estimate of drug-likeness (QED) is 0.757. The van der Waals surface area contributed by atoms with Crippen molar-refractivity contribution in [2.24, 2.45) is 5.92 Å². The minimum atomic E-state index is -0.220. The van der Waals surface area contributed by atoms with Gasteiger partial charge in [-0.3, -0.25) is 4.79 Å². The maximum absolute atomic E-state index is 12.6. The topological polar surface area (TPSA) is 64.6 Å². The van der Waals surface area contributed by atoms with Gasteiger partial charge in [0.2, 0.25) is 5.91 Å². The van der Waals surface area contributed by atoms with Crippen molar-refractivity contribution in [1.82, 2.24) is 4.90 Å². The van der Waals surface area contributed by atoms with Crippen molar-refractivity contribution in [2.45, 2.75) is 18.9 Å². The van der Waals surface area contributed by atoms with Crippen LogP contribution in [0.15, 0.2) is 24.3 Å². The number of amides is 1. The van der Waals surface area contributed by atoms with Gasteiger partial charge in [-0.15, -0.1) is 0 Å². The van der Waals surface area contributed by atoms with Gasteiger partial charge in [-0.05, 0) is 30.9 Å². The van der Waals surface area contributed by atoms with Gasteiger partial charge in [-0.2, -0.15) is 0 Å². The van der Waals surface area contributed by atoms with Crippen LogP contribution in [0.4, 0.5) is 11.4 Å². The Morgan fingerprint density at radius 3 is 2.95 bits per heavy atom. The zero-order chi connectivity index (χ0) is 13.9. The maximum Gasteiger partial charge on any atom is 0.246 e. The number of likely N-dealkylation sites (tertiary alicyclic amines) is 1. The third-order valence-electron chi connectivity index (χ3n) is 4.14. The highest BCUT2D eigenvalue weighted by Crippen LogP contribution is 2.26. The van der Waals surface area contributed by atoms with Crippen molar-refractivity contribution in [1.29, 1.82) is 0 Å². The third-order valence-corrected chi connectivity index (χ3v) is 4.14. The first kappa shape index (κ1) is 13.2. The van der Waals surface area contributed by atoms with Crippen LogP contribution in [0.1, 0.15) is 12.8 Å². The molecule has 2 aliphatic heterocycles. The fourth-order valence-corrected chi connectivity index (χ4v) is 3.00. The highest BCUT2D eigenvalue weighted by molar-refractivity contribution is 5.88. The van der Waals surface area contributed by atoms with Gasteiger partial charge in [0.25, 0.3) is 0 Å². The number of aliphatic hydroxyl groups excluding tert-OH is 1. The van der Waals surface area contributed by atoms with E-state index >= 15 is 0 Å². The van der Waals surface area contributed by atoms with E-state index in [-0.39, 0.29) is 24.5 Å². The van der Waals surface area contributed by atoms with Crippen LogP contribution in [-0.4, -0.2) is 48.2 Å². The van der Waals surface area contributed by atoms with Gasteiger partial charge >= 0.3 is 0 Å². The Kier molecular flexibility index (Phi) is 3.78. The lowest BCUT2D eigenvalue weighted by atomic mass is 9.98. The van der Waals surface area contributed by atoms with E-state index in [1.54, 1.807) is 0 Å². The number of nitrogens with zero attached hydrogens (tertiary/aromatic N) is 1. The second-order valence-corrected chi connectivity index (χ2v) is 5.60. The predicted octanol–water partition coefficient (Wildman–Crippen LogP) is 1.12. The molecule has 3 rings (SSSR count). The molecule has 20 heavy (non-hydrogen) atoms. The summed E-state index contributed by atoms with van der Waals surface area (Å²) in [4.78, 5) is 14.5. The van der Waals surface area contributed by atoms with Crippen molar-refractivity contribution in [2.75, 3.05) is 36.9 Å². The number of fused-ring (bicyclic) bond motifs is 1. The van der Waals surface area contributed by atoms with Gasteiger partial charge in [0.1, 0.15) is 6.04 Å². The summed E-state index contributed by atoms with van der Waals surface area (Å²) in [5.41, 5.74) is 2.02. The van der Waals surface area contributed by atoms with Gasteiger partial charge in [-0.25, -0.2) is 0 Å². The molecule has 3 N–H and O–H groups in total. The summed E-state index contributed by atoms with van der Waals surface area (Å²) in [5.74, 6) is 0.363. The van der Waals surface area contributed by atoms with Crippen LogP contribution in [0.25, 0.3) is 0 Å². The number of hydrogen-bond donors (Lipinski definition) is 3. The number of para-hydroxylation sites is 2. The molecule has 108 valence electrons. The van der Waals surface area contributed by atoms with Gasteiger partial charge in [-0.1, -0.05) is 12.1 Å². The van der Waals surface area contributed by atoms with Crippen molar-refractivity contribution in [3.05, 3.63) is 24.3 Å². The van der Waals surface area contributed by atoms with Crippen LogP contribution in [0.3, 0.4) is 0 Å². The minimum absolute atomic E-state index is 0.130. The Morgan fingerprint density at radius 2 is 2.15 bits per heavy atom. The van der Waals surface area contributed by atoms with Crippen LogP contribution in [-0.2, 0) is 4.79 Å². The fourth-order valence-electron chi connectivity index (χ4n) is 3.00. The molecule has 2 unspecified atom stereocenters. The van der Waals surface area contributed by atoms with Gasteiger partial charge in [0.15, 0.2) is 0 Å². The lowest BCUT2D eigenvalue weighted by Gasteiger charge is -2.36. The number of rotatable bonds is 2. The molecule has 1 fully saturated rings. The summed E-state index contributed by atoms with van der Waals surface area (Å²) in [6, 6.07) is 7.71. The van der Waals surface area contributed by atoms with Crippen LogP contribution in [0.2, 0.25) is 0 Å². The van der Waals surface area contributed by atoms with E-state index in [4.69, 9.17) is 0 Å². The summed E-state index contributed by atoms with van der Waals surface area (Å²) >= 11 is 0. The van der Waals surface area contributed by atoms with Crippen LogP contribution in [0.5, 0.6) is 0 Å². The third kappa shape index (κ3) is 2.58. The SMILES string of the molecule is O=C(C1CNc2ccccc2N1)N1CCCC(CO)C1. The second-order valence-electron chi connectivity index (χ2n) is 5.60. The fraction of sp³-hybridized carbons (Fsp3) is 0.533. The Labute approximate surface area is 119 Å². The van der Waals surface area contributed by atoms with Crippen molar-refractivity contribution in [3.63, 3.8) is 0 Å². The Hall–Kier alpha value is -1.75. The molecule has 5 heteroatoms. The summed E-state index contributed by atoms with van der Waals surface area (Å²) in [6.45, 7) is 2.25. The Morgan fingerprint density at radius 1 is 1.35 bits per heavy atom. The second kappa shape index (κ2) is 5.71. The number of carbonyl (C=O) groups is 1. The zero-order valence-corrected chi connectivity index (χ0v) is 11.5. The molecule has 0 aliphatic carbocycles. The highest BCUT2D eigenvalue weighted by atomic mass is 16.3. The molecule has 2 atom stereocenters. The molecule has 0 radical (unpaired) electrons. The standard InChI is InChI=1S/C15H21N3O2/c19-10-11-4-3-7-18(9-11)15(20)14-8-16-12-5-1-2-6-13(12)17-14/h1-2,5-6,11,14,16-17,19H,3-4,7-10H2. The first-order valence-corrected chi connectivity index (χ1v) is 7.27. The average molecular weight is 275 g/mol. The number of piperidine rings is 1. The number of nitrogens with one attached hydrogen (secondary N) is 2. The van der Waals surface area contributed by atoms with Crippen molar-refractivity contribution < 1.29 is 9.90 Å². The van der Waals surface area contributed by atoms with E-state index in [1.807, 2.05) is 29.2 Å². The molecule has 0 saturated carbocycles. The monoisotopic (exact) mass is 275 g/mol. The molecule has 1 aromatic carbocycles. The molecule has 2 heterocycles. The number of benzene rings is 1. The molecule has 5 nitrogen and oxygen atoms in total. The molecular formula is C15H21N3O2. The van der Waals surface area contributed by atoms with Gasteiger partial charge in [0, 0.05) is 26.2 Å². The summed E-state index contributed by atoms with van der Waals surface area (Å²) in [6.07, 6.45) is 1.99. The van der Waals surface area contributed by atoms with Gasteiger partial charge in [0.05, 0.1) is 11.4 Å². The Bertz CT molecular complexity index is 492. The number of anilines is 2. The first-order valence-electron chi connectivity index (χ1n) is 7.27. The van der Waals surface area contributed by atoms with Gasteiger partial charge < -0.3 is 20.6 Å². The lowest BCUT2D eigenvalue weighted by molar-refractivity contribution is -0.133. The maximum atomic E-state index is 12.6. The summed E-state index contributed by atoms with van der Waals surface area (Å²) < 4.78 is 0. The summed E-state index contributed by atoms with van der Waals surface area (Å²) in [5, 5.41) is 15.9. The average Bonchev–Trinajstić information content (AvgIpc) is 2.53. The smallest absolute Gasteiger partial charge is 0.246 e. The lowest BCUT2D eigenvalue weighted by Crippen LogP contribution is -2.51. The van der Waals surface area contributed by atoms with E-state index < -0.39 is 0 Å². The number of carbonyl (C=O) groups excluding carboxylic acids is 1. The van der Waals surface area contributed by atoms with Crippen LogP contribution in [0, 0.1) is 5.92 Å². The molecule has 2 aliphatic rings. The molecule has 1 saturated heterocycles. The normalized spacial score (nSPS) is 25.4. The van der Waals surface area contributed by atoms with E-state index in [1.165, 1.54) is 0 Å². The molecule has 0 aromatic heterocycles. The Balaban J connectivity index is 1.67. The van der Waals surface area contributed by atoms with Crippen molar-refractivity contribution >= 4 is 17.3 Å². The van der Waals surface area contributed by atoms with E-state index in [0.29, 0.717) is 13.1 Å². The predicted molar refractivity (Wildman–Crippen MR) is 78.7 cm³/mol. The van der Waals surface area contributed by atoms with E-state index in [9.17, 15) is 9.90 Å². The molecular weight excluding hydrogens is 254 g/mol. The molecule has 1 amide bonds. The molecule has 1 aromatic rings. The number of hydrogen-bond acceptors (Lipinski definition) is 4. The zero-order valence-electron chi connectivity index (χ0n) is 11.5. The van der Waals surface area contributed by atoms with Crippen LogP contribution < -0.4 is 10.6 Å². The van der Waals surface area contributed by atoms with Crippen LogP contribution >= 0.6 is 0 Å². The molecule has 0 bridgehead atoms. The molecule has 0 spiro atoms.